The Labute approximate surface area is 76.3 Å². The van der Waals surface area contributed by atoms with Gasteiger partial charge in [0.2, 0.25) is 0 Å². The zero-order valence-electron chi connectivity index (χ0n) is 8.59. The van der Waals surface area contributed by atoms with E-state index in [-0.39, 0.29) is 6.29 Å². The monoisotopic (exact) mass is 188 g/mol. The third-order valence-corrected chi connectivity index (χ3v) is 3.91. The van der Waals surface area contributed by atoms with Crippen LogP contribution >= 0.6 is 0 Å². The van der Waals surface area contributed by atoms with Gasteiger partial charge in [0.25, 0.3) is 0 Å². The van der Waals surface area contributed by atoms with Crippen LogP contribution in [0.15, 0.2) is 0 Å². The molecule has 0 spiro atoms. The van der Waals surface area contributed by atoms with Crippen molar-refractivity contribution < 1.29 is 9.47 Å². The van der Waals surface area contributed by atoms with Gasteiger partial charge in [-0.1, -0.05) is 25.7 Å². The van der Waals surface area contributed by atoms with E-state index < -0.39 is 8.07 Å². The summed E-state index contributed by atoms with van der Waals surface area (Å²) in [5, 5.41) is 0. The van der Waals surface area contributed by atoms with Gasteiger partial charge in [0.15, 0.2) is 6.29 Å². The van der Waals surface area contributed by atoms with Gasteiger partial charge < -0.3 is 9.47 Å². The van der Waals surface area contributed by atoms with Crippen molar-refractivity contribution in [3.05, 3.63) is 0 Å². The first-order valence-electron chi connectivity index (χ1n) is 4.74. The minimum Gasteiger partial charge on any atom is -0.350 e. The summed E-state index contributed by atoms with van der Waals surface area (Å²) in [4.78, 5) is 0. The number of rotatable bonds is 3. The third kappa shape index (κ3) is 3.69. The van der Waals surface area contributed by atoms with E-state index in [9.17, 15) is 0 Å². The Hall–Kier alpha value is 0.137. The highest BCUT2D eigenvalue weighted by Gasteiger charge is 2.24. The predicted molar refractivity (Wildman–Crippen MR) is 53.1 cm³/mol. The Morgan fingerprint density at radius 2 is 2.00 bits per heavy atom. The number of hydrogen-bond donors (Lipinski definition) is 0. The van der Waals surface area contributed by atoms with Gasteiger partial charge in [0.05, 0.1) is 12.7 Å². The van der Waals surface area contributed by atoms with Gasteiger partial charge in [-0.15, -0.1) is 0 Å². The van der Waals surface area contributed by atoms with E-state index in [1.54, 1.807) is 0 Å². The number of ether oxygens (including phenoxy) is 2. The molecule has 0 aromatic heterocycles. The molecule has 0 N–H and O–H groups in total. The fraction of sp³-hybridized carbons (Fsp3) is 1.00. The van der Waals surface area contributed by atoms with E-state index in [2.05, 4.69) is 19.6 Å². The first-order chi connectivity index (χ1) is 5.47. The lowest BCUT2D eigenvalue weighted by Gasteiger charge is -2.17. The summed E-state index contributed by atoms with van der Waals surface area (Å²) < 4.78 is 10.9. The van der Waals surface area contributed by atoms with Crippen LogP contribution < -0.4 is 0 Å². The maximum absolute atomic E-state index is 5.56. The van der Waals surface area contributed by atoms with E-state index >= 15 is 0 Å². The van der Waals surface area contributed by atoms with Crippen molar-refractivity contribution in [3.8, 4) is 0 Å². The molecule has 0 radical (unpaired) electrons. The standard InChI is InChI=1S/C9H20O2Si/c1-8-10-7-9(11-8)5-6-12(2,3)4/h8-9H,5-7H2,1-4H3. The quantitative estimate of drug-likeness (QED) is 0.633. The highest BCUT2D eigenvalue weighted by Crippen LogP contribution is 2.19. The molecule has 1 rings (SSSR count). The second kappa shape index (κ2) is 3.90. The highest BCUT2D eigenvalue weighted by molar-refractivity contribution is 6.76. The minimum absolute atomic E-state index is 0.0247. The van der Waals surface area contributed by atoms with E-state index in [1.165, 1.54) is 12.5 Å². The fourth-order valence-electron chi connectivity index (χ4n) is 1.34. The molecule has 1 aliphatic rings. The molecule has 2 nitrogen and oxygen atoms in total. The smallest absolute Gasteiger partial charge is 0.155 e. The molecular weight excluding hydrogens is 168 g/mol. The van der Waals surface area contributed by atoms with Crippen LogP contribution in [0.3, 0.4) is 0 Å². The van der Waals surface area contributed by atoms with Crippen LogP contribution in [-0.4, -0.2) is 27.1 Å². The molecule has 0 aliphatic carbocycles. The summed E-state index contributed by atoms with van der Waals surface area (Å²) in [5.41, 5.74) is 0. The summed E-state index contributed by atoms with van der Waals surface area (Å²) in [5.74, 6) is 0. The summed E-state index contributed by atoms with van der Waals surface area (Å²) in [7, 11) is -0.882. The molecule has 3 heteroatoms. The summed E-state index contributed by atoms with van der Waals surface area (Å²) >= 11 is 0. The zero-order valence-corrected chi connectivity index (χ0v) is 9.59. The van der Waals surface area contributed by atoms with Gasteiger partial charge in [-0.25, -0.2) is 0 Å². The second-order valence-corrected chi connectivity index (χ2v) is 10.4. The lowest BCUT2D eigenvalue weighted by atomic mass is 10.3. The summed E-state index contributed by atoms with van der Waals surface area (Å²) in [6.07, 6.45) is 1.57. The highest BCUT2D eigenvalue weighted by atomic mass is 28.3. The summed E-state index contributed by atoms with van der Waals surface area (Å²) in [6, 6.07) is 1.34. The average molecular weight is 188 g/mol. The Balaban J connectivity index is 2.16. The van der Waals surface area contributed by atoms with Gasteiger partial charge in [-0.3, -0.25) is 0 Å². The maximum Gasteiger partial charge on any atom is 0.155 e. The van der Waals surface area contributed by atoms with Crippen LogP contribution in [0.2, 0.25) is 25.7 Å². The van der Waals surface area contributed by atoms with Gasteiger partial charge in [-0.05, 0) is 13.3 Å². The first kappa shape index (κ1) is 10.2. The first-order valence-corrected chi connectivity index (χ1v) is 8.45. The van der Waals surface area contributed by atoms with Crippen LogP contribution in [0.4, 0.5) is 0 Å². The molecule has 0 aromatic rings. The normalized spacial score (nSPS) is 31.0. The Morgan fingerprint density at radius 1 is 1.33 bits per heavy atom. The van der Waals surface area contributed by atoms with Crippen LogP contribution in [0.5, 0.6) is 0 Å². The molecule has 1 saturated heterocycles. The summed E-state index contributed by atoms with van der Waals surface area (Å²) in [6.45, 7) is 9.95. The molecule has 72 valence electrons. The van der Waals surface area contributed by atoms with Crippen molar-refractivity contribution in [3.63, 3.8) is 0 Å². The van der Waals surface area contributed by atoms with Gasteiger partial charge in [0, 0.05) is 8.07 Å². The van der Waals surface area contributed by atoms with Gasteiger partial charge >= 0.3 is 0 Å². The molecule has 0 saturated carbocycles. The average Bonchev–Trinajstić information content (AvgIpc) is 2.30. The van der Waals surface area contributed by atoms with Crippen molar-refractivity contribution in [1.29, 1.82) is 0 Å². The second-order valence-electron chi connectivity index (χ2n) is 4.76. The SMILES string of the molecule is CC1OCC(CC[Si](C)(C)C)O1. The van der Waals surface area contributed by atoms with Crippen LogP contribution in [0.25, 0.3) is 0 Å². The molecule has 0 bridgehead atoms. The molecule has 2 atom stereocenters. The van der Waals surface area contributed by atoms with Crippen LogP contribution in [0, 0.1) is 0 Å². The molecule has 1 fully saturated rings. The van der Waals surface area contributed by atoms with E-state index in [4.69, 9.17) is 9.47 Å². The molecule has 0 aromatic carbocycles. The van der Waals surface area contributed by atoms with E-state index in [0.717, 1.165) is 6.61 Å². The van der Waals surface area contributed by atoms with Crippen molar-refractivity contribution in [1.82, 2.24) is 0 Å². The van der Waals surface area contributed by atoms with Crippen molar-refractivity contribution in [2.45, 2.75) is 51.4 Å². The van der Waals surface area contributed by atoms with Crippen molar-refractivity contribution in [2.75, 3.05) is 6.61 Å². The van der Waals surface area contributed by atoms with Crippen molar-refractivity contribution in [2.24, 2.45) is 0 Å². The molecule has 12 heavy (non-hydrogen) atoms. The van der Waals surface area contributed by atoms with E-state index in [0.29, 0.717) is 6.10 Å². The molecule has 0 amide bonds. The lowest BCUT2D eigenvalue weighted by molar-refractivity contribution is -0.0424. The Morgan fingerprint density at radius 3 is 2.42 bits per heavy atom. The minimum atomic E-state index is -0.882. The van der Waals surface area contributed by atoms with Crippen molar-refractivity contribution >= 4 is 8.07 Å². The zero-order chi connectivity index (χ0) is 9.19. The largest absolute Gasteiger partial charge is 0.350 e. The third-order valence-electron chi connectivity index (χ3n) is 2.12. The Kier molecular flexibility index (Phi) is 3.32. The predicted octanol–water partition coefficient (Wildman–Crippen LogP) is 2.48. The molecule has 1 aliphatic heterocycles. The lowest BCUT2D eigenvalue weighted by Crippen LogP contribution is -2.23. The van der Waals surface area contributed by atoms with Gasteiger partial charge in [-0.2, -0.15) is 0 Å². The Bertz CT molecular complexity index is 142. The van der Waals surface area contributed by atoms with Crippen LogP contribution in [0.1, 0.15) is 13.3 Å². The van der Waals surface area contributed by atoms with Gasteiger partial charge in [0.1, 0.15) is 0 Å². The molecular formula is C9H20O2Si. The van der Waals surface area contributed by atoms with Crippen LogP contribution in [-0.2, 0) is 9.47 Å². The maximum atomic E-state index is 5.56. The molecule has 2 unspecified atom stereocenters. The topological polar surface area (TPSA) is 18.5 Å². The molecule has 1 heterocycles. The fourth-order valence-corrected chi connectivity index (χ4v) is 2.53. The number of hydrogen-bond acceptors (Lipinski definition) is 2. The van der Waals surface area contributed by atoms with E-state index in [1.807, 2.05) is 6.92 Å².